The first-order valence-electron chi connectivity index (χ1n) is 11.2. The minimum Gasteiger partial charge on any atom is -0.352 e. The molecule has 0 aliphatic heterocycles. The lowest BCUT2D eigenvalue weighted by Gasteiger charge is -2.35. The number of anilines is 1. The van der Waals surface area contributed by atoms with E-state index < -0.39 is 33.1 Å². The van der Waals surface area contributed by atoms with E-state index in [1.165, 1.54) is 12.1 Å². The Morgan fingerprint density at radius 3 is 2.53 bits per heavy atom. The first kappa shape index (κ1) is 26.0. The number of nitro benzene ring substituents is 1. The number of nitrogens with zero attached hydrogens (tertiary/aromatic N) is 2. The molecule has 1 fully saturated rings. The average molecular weight is 508 g/mol. The van der Waals surface area contributed by atoms with Crippen LogP contribution >= 0.6 is 11.6 Å². The monoisotopic (exact) mass is 507 g/mol. The standard InChI is InChI=1S/C24H30ClN3O5S/c1-15-8-11-22(17(3)12-15)27(14-24(29)26-21-7-5-6-16(2)18(21)4)34(32,33)19-9-10-20(25)23(13-19)28(30)31/h8-13,16,18,21H,5-7,14H2,1-4H3,(H,26,29)/t16-,18-,21+/m0/s1. The van der Waals surface area contributed by atoms with Crippen molar-refractivity contribution in [2.45, 2.75) is 57.9 Å². The number of hydrogen-bond acceptors (Lipinski definition) is 5. The van der Waals surface area contributed by atoms with E-state index in [1.807, 2.05) is 13.0 Å². The van der Waals surface area contributed by atoms with Gasteiger partial charge in [-0.1, -0.05) is 56.0 Å². The SMILES string of the molecule is Cc1ccc(N(CC(=O)N[C@@H]2CCC[C@H](C)[C@@H]2C)S(=O)(=O)c2ccc(Cl)c([N+](=O)[O-])c2)c(C)c1. The van der Waals surface area contributed by atoms with E-state index >= 15 is 0 Å². The highest BCUT2D eigenvalue weighted by molar-refractivity contribution is 7.92. The topological polar surface area (TPSA) is 110 Å². The lowest BCUT2D eigenvalue weighted by Crippen LogP contribution is -2.48. The molecule has 1 N–H and O–H groups in total. The van der Waals surface area contributed by atoms with Crippen molar-refractivity contribution in [3.8, 4) is 0 Å². The van der Waals surface area contributed by atoms with Crippen molar-refractivity contribution < 1.29 is 18.1 Å². The fraction of sp³-hybridized carbons (Fsp3) is 0.458. The lowest BCUT2D eigenvalue weighted by atomic mass is 9.78. The van der Waals surface area contributed by atoms with Crippen LogP contribution in [-0.4, -0.2) is 31.8 Å². The van der Waals surface area contributed by atoms with Crippen LogP contribution in [0.15, 0.2) is 41.3 Å². The number of nitrogens with one attached hydrogen (secondary N) is 1. The van der Waals surface area contributed by atoms with Crippen LogP contribution in [0.3, 0.4) is 0 Å². The van der Waals surface area contributed by atoms with Gasteiger partial charge in [0, 0.05) is 12.1 Å². The lowest BCUT2D eigenvalue weighted by molar-refractivity contribution is -0.384. The van der Waals surface area contributed by atoms with E-state index in [0.29, 0.717) is 17.2 Å². The van der Waals surface area contributed by atoms with E-state index in [4.69, 9.17) is 11.6 Å². The number of carbonyl (C=O) groups is 1. The van der Waals surface area contributed by atoms with Gasteiger partial charge in [-0.05, 0) is 55.9 Å². The first-order valence-corrected chi connectivity index (χ1v) is 13.1. The summed E-state index contributed by atoms with van der Waals surface area (Å²) in [6, 6.07) is 8.52. The molecule has 34 heavy (non-hydrogen) atoms. The van der Waals surface area contributed by atoms with Gasteiger partial charge in [0.1, 0.15) is 11.6 Å². The summed E-state index contributed by atoms with van der Waals surface area (Å²) < 4.78 is 28.4. The van der Waals surface area contributed by atoms with Crippen molar-refractivity contribution >= 4 is 38.9 Å². The fourth-order valence-corrected chi connectivity index (χ4v) is 6.17. The average Bonchev–Trinajstić information content (AvgIpc) is 2.75. The van der Waals surface area contributed by atoms with Crippen LogP contribution in [0, 0.1) is 35.8 Å². The second-order valence-electron chi connectivity index (χ2n) is 9.11. The summed E-state index contributed by atoms with van der Waals surface area (Å²) in [7, 11) is -4.31. The molecule has 3 rings (SSSR count). The highest BCUT2D eigenvalue weighted by Crippen LogP contribution is 2.33. The van der Waals surface area contributed by atoms with Crippen molar-refractivity contribution in [2.24, 2.45) is 11.8 Å². The molecular weight excluding hydrogens is 478 g/mol. The van der Waals surface area contributed by atoms with Gasteiger partial charge in [0.25, 0.3) is 15.7 Å². The van der Waals surface area contributed by atoms with Gasteiger partial charge in [0.2, 0.25) is 5.91 Å². The minimum atomic E-state index is -4.31. The highest BCUT2D eigenvalue weighted by atomic mass is 35.5. The molecule has 0 unspecified atom stereocenters. The van der Waals surface area contributed by atoms with E-state index in [9.17, 15) is 23.3 Å². The molecule has 1 aliphatic carbocycles. The Bertz CT molecular complexity index is 1200. The molecule has 0 heterocycles. The van der Waals surface area contributed by atoms with E-state index in [-0.39, 0.29) is 21.9 Å². The Morgan fingerprint density at radius 2 is 1.88 bits per heavy atom. The number of benzene rings is 2. The molecule has 3 atom stereocenters. The smallest absolute Gasteiger partial charge is 0.289 e. The van der Waals surface area contributed by atoms with Crippen molar-refractivity contribution in [3.63, 3.8) is 0 Å². The summed E-state index contributed by atoms with van der Waals surface area (Å²) in [5, 5.41) is 14.2. The molecule has 0 aromatic heterocycles. The maximum absolute atomic E-state index is 13.7. The fourth-order valence-electron chi connectivity index (χ4n) is 4.47. The zero-order chi connectivity index (χ0) is 25.2. The van der Waals surface area contributed by atoms with Crippen molar-refractivity contribution in [2.75, 3.05) is 10.8 Å². The van der Waals surface area contributed by atoms with Crippen LogP contribution in [0.5, 0.6) is 0 Å². The molecular formula is C24H30ClN3O5S. The minimum absolute atomic E-state index is 0.0310. The van der Waals surface area contributed by atoms with Gasteiger partial charge in [-0.15, -0.1) is 0 Å². The Balaban J connectivity index is 2.00. The number of aryl methyl sites for hydroxylation is 2. The van der Waals surface area contributed by atoms with E-state index in [0.717, 1.165) is 35.2 Å². The Morgan fingerprint density at radius 1 is 1.18 bits per heavy atom. The molecule has 0 radical (unpaired) electrons. The maximum atomic E-state index is 13.7. The summed E-state index contributed by atoms with van der Waals surface area (Å²) in [6.45, 7) is 7.46. The molecule has 0 spiro atoms. The molecule has 184 valence electrons. The van der Waals surface area contributed by atoms with Crippen molar-refractivity contribution in [1.29, 1.82) is 0 Å². The van der Waals surface area contributed by atoms with Crippen LogP contribution in [-0.2, 0) is 14.8 Å². The van der Waals surface area contributed by atoms with Gasteiger partial charge in [-0.25, -0.2) is 8.42 Å². The predicted molar refractivity (Wildman–Crippen MR) is 133 cm³/mol. The van der Waals surface area contributed by atoms with Crippen LogP contribution in [0.25, 0.3) is 0 Å². The number of carbonyl (C=O) groups excluding carboxylic acids is 1. The molecule has 1 aliphatic rings. The van der Waals surface area contributed by atoms with Crippen LogP contribution in [0.1, 0.15) is 44.2 Å². The summed E-state index contributed by atoms with van der Waals surface area (Å²) in [5.41, 5.74) is 1.43. The normalized spacial score (nSPS) is 20.6. The molecule has 10 heteroatoms. The summed E-state index contributed by atoms with van der Waals surface area (Å²) >= 11 is 5.88. The molecule has 2 aromatic carbocycles. The second kappa shape index (κ2) is 10.3. The Hall–Kier alpha value is -2.65. The summed E-state index contributed by atoms with van der Waals surface area (Å²) in [5.74, 6) is 0.327. The molecule has 1 amide bonds. The van der Waals surface area contributed by atoms with Gasteiger partial charge >= 0.3 is 0 Å². The Kier molecular flexibility index (Phi) is 7.88. The molecule has 0 bridgehead atoms. The van der Waals surface area contributed by atoms with Gasteiger partial charge in [0.15, 0.2) is 0 Å². The largest absolute Gasteiger partial charge is 0.352 e. The van der Waals surface area contributed by atoms with Gasteiger partial charge in [-0.2, -0.15) is 0 Å². The van der Waals surface area contributed by atoms with Gasteiger partial charge < -0.3 is 5.32 Å². The molecule has 8 nitrogen and oxygen atoms in total. The zero-order valence-electron chi connectivity index (χ0n) is 19.7. The third-order valence-corrected chi connectivity index (χ3v) is 8.74. The number of amides is 1. The van der Waals surface area contributed by atoms with Crippen LogP contribution in [0.2, 0.25) is 5.02 Å². The first-order chi connectivity index (χ1) is 15.9. The van der Waals surface area contributed by atoms with E-state index in [2.05, 4.69) is 19.2 Å². The Labute approximate surface area is 205 Å². The van der Waals surface area contributed by atoms with E-state index in [1.54, 1.807) is 19.1 Å². The maximum Gasteiger partial charge on any atom is 0.289 e. The van der Waals surface area contributed by atoms with Gasteiger partial charge in [-0.3, -0.25) is 19.2 Å². The quantitative estimate of drug-likeness (QED) is 0.419. The number of nitro groups is 1. The number of hydrogen-bond donors (Lipinski definition) is 1. The predicted octanol–water partition coefficient (Wildman–Crippen LogP) is 5.00. The van der Waals surface area contributed by atoms with Gasteiger partial charge in [0.05, 0.1) is 15.5 Å². The van der Waals surface area contributed by atoms with Crippen molar-refractivity contribution in [1.82, 2.24) is 5.32 Å². The molecule has 0 saturated heterocycles. The highest BCUT2D eigenvalue weighted by Gasteiger charge is 2.33. The van der Waals surface area contributed by atoms with Crippen molar-refractivity contribution in [3.05, 3.63) is 62.7 Å². The van der Waals surface area contributed by atoms with Crippen LogP contribution in [0.4, 0.5) is 11.4 Å². The number of halogens is 1. The number of sulfonamides is 1. The third kappa shape index (κ3) is 5.52. The van der Waals surface area contributed by atoms with Crippen LogP contribution < -0.4 is 9.62 Å². The molecule has 2 aromatic rings. The third-order valence-electron chi connectivity index (χ3n) is 6.66. The molecule has 1 saturated carbocycles. The zero-order valence-corrected chi connectivity index (χ0v) is 21.3. The number of rotatable bonds is 7. The summed E-state index contributed by atoms with van der Waals surface area (Å²) in [6.07, 6.45) is 2.95. The summed E-state index contributed by atoms with van der Waals surface area (Å²) in [4.78, 5) is 23.4. The second-order valence-corrected chi connectivity index (χ2v) is 11.4.